The molecule has 0 aromatic heterocycles. The van der Waals surface area contributed by atoms with Crippen molar-refractivity contribution in [3.8, 4) is 0 Å². The molecule has 125 heavy (non-hydrogen) atoms. The van der Waals surface area contributed by atoms with Crippen molar-refractivity contribution in [2.45, 2.75) is 356 Å². The highest BCUT2D eigenvalue weighted by molar-refractivity contribution is 5.94. The average Bonchev–Trinajstić information content (AvgIpc) is 0.895. The Hall–Kier alpha value is -7.45. The smallest absolute Gasteiger partial charge is 0.243 e. The van der Waals surface area contributed by atoms with Crippen LogP contribution in [0.4, 0.5) is 0 Å². The molecule has 0 spiro atoms. The number of carbonyl (C=O) groups excluding carboxylic acids is 13. The van der Waals surface area contributed by atoms with Crippen LogP contribution >= 0.6 is 0 Å². The Balaban J connectivity index is 6.65. The summed E-state index contributed by atoms with van der Waals surface area (Å²) < 4.78 is 0. The Morgan fingerprint density at radius 1 is 0.168 bits per heavy atom. The van der Waals surface area contributed by atoms with Gasteiger partial charge in [0.25, 0.3) is 0 Å². The van der Waals surface area contributed by atoms with Gasteiger partial charge >= 0.3 is 0 Å². The molecule has 0 bridgehead atoms. The van der Waals surface area contributed by atoms with Crippen LogP contribution in [0.3, 0.4) is 0 Å². The van der Waals surface area contributed by atoms with Crippen LogP contribution in [-0.2, 0) is 62.3 Å². The van der Waals surface area contributed by atoms with E-state index in [-0.39, 0.29) is 94.4 Å². The first kappa shape index (κ1) is 118. The van der Waals surface area contributed by atoms with Crippen LogP contribution in [0.1, 0.15) is 283 Å². The number of hydrogen-bond acceptors (Lipinski definition) is 27. The number of nitrogens with two attached hydrogens (primary N) is 14. The van der Waals surface area contributed by atoms with Gasteiger partial charge in [-0.2, -0.15) is 0 Å². The molecule has 13 atom stereocenters. The third kappa shape index (κ3) is 60.8. The minimum atomic E-state index is -1.14. The quantitative estimate of drug-likeness (QED) is 0.0266. The zero-order valence-corrected chi connectivity index (χ0v) is 75.9. The fourth-order valence-electron chi connectivity index (χ4n) is 13.6. The van der Waals surface area contributed by atoms with Crippen LogP contribution in [0.15, 0.2) is 0 Å². The zero-order valence-electron chi connectivity index (χ0n) is 75.9. The fraction of sp³-hybridized carbons (Fsp3) is 0.847. The molecule has 0 aliphatic carbocycles. The first-order valence-electron chi connectivity index (χ1n) is 47.0. The van der Waals surface area contributed by atoms with Crippen molar-refractivity contribution in [3.05, 3.63) is 0 Å². The molecule has 40 heteroatoms. The fourth-order valence-corrected chi connectivity index (χ4v) is 13.6. The maximum Gasteiger partial charge on any atom is 0.243 e. The zero-order chi connectivity index (χ0) is 93.2. The summed E-state index contributed by atoms with van der Waals surface area (Å²) in [5.41, 5.74) is 82.5. The molecule has 0 aromatic rings. The topological polar surface area (TPSA) is 743 Å². The Morgan fingerprint density at radius 3 is 0.528 bits per heavy atom. The van der Waals surface area contributed by atoms with Crippen molar-refractivity contribution in [2.24, 2.45) is 86.2 Å². The summed E-state index contributed by atoms with van der Waals surface area (Å²) in [7, 11) is 0. The van der Waals surface area contributed by atoms with Gasteiger partial charge in [-0.05, 0) is 258 Å². The van der Waals surface area contributed by atoms with Gasteiger partial charge in [0.05, 0.1) is 42.3 Å². The SMILES string of the molecule is CC(CCCCNC(=O)C(N)CCCCN)C(=O)NC(CCCCNC(=O)C(CCCCNC(=O)C(N)CCCCN)NC(=O)C(N)CCCCN)C(=O)NCCCCCCNC(=O)C(CCCCNC(=O)C(CCCCNC(=O)C(N)CCCCN)NC(=O)C(N)CCCCN)NC(=O)C(CCCCNC(=O)C(N)CCCCN)NC(=O)C(N)CCCCN. The minimum absolute atomic E-state index is 0.0991. The Bertz CT molecular complexity index is 2940. The number of carbonyl (C=O) groups is 13. The third-order valence-electron chi connectivity index (χ3n) is 21.9. The summed E-state index contributed by atoms with van der Waals surface area (Å²) in [6.07, 6.45) is 21.7. The third-order valence-corrected chi connectivity index (χ3v) is 21.9. The van der Waals surface area contributed by atoms with Crippen molar-refractivity contribution in [1.29, 1.82) is 0 Å². The summed E-state index contributed by atoms with van der Waals surface area (Å²) >= 11 is 0. The van der Waals surface area contributed by atoms with Crippen LogP contribution in [-0.4, -0.2) is 247 Å². The predicted octanol–water partition coefficient (Wildman–Crippen LogP) is -3.25. The molecule has 0 saturated carbocycles. The molecule has 13 unspecified atom stereocenters. The van der Waals surface area contributed by atoms with Gasteiger partial charge in [-0.25, -0.2) is 0 Å². The summed E-state index contributed by atoms with van der Waals surface area (Å²) in [6, 6.07) is -10.5. The maximum absolute atomic E-state index is 14.5. The van der Waals surface area contributed by atoms with Crippen LogP contribution in [0.2, 0.25) is 0 Å². The minimum Gasteiger partial charge on any atom is -0.355 e. The standard InChI is InChI=1S/C85H173N27O13/c1-60(32-11-26-54-100-74(114)61(93)33-4-17-45-86)73(113)108-68(40-14-30-58-106-82(122)69(109-78(118)65(97)37-8-21-49-90)41-12-27-55-101-75(115)62(94)34-5-18-46-87)81(121)104-52-24-2-3-25-53-105-84(124)71(112-85(125)72(111-80(120)67(99)39-10-23-51-92)44-16-29-57-103-77(117)64(96)36-7-20-48-89)43-15-31-59-107-83(123)70(110-79(119)66(98)38-9-22-50-91)42-13-28-56-102-76(116)63(95)35-6-19-47-88/h60-72H,2-59,86-99H2,1H3,(H,100,114)(H,101,115)(H,102,116)(H,103,117)(H,104,121)(H,105,124)(H,106,122)(H,107,123)(H,108,113)(H,109,118)(H,110,119)(H,111,120)(H,112,125). The van der Waals surface area contributed by atoms with E-state index in [1.807, 2.05) is 0 Å². The van der Waals surface area contributed by atoms with Crippen LogP contribution in [0.5, 0.6) is 0 Å². The highest BCUT2D eigenvalue weighted by Crippen LogP contribution is 2.15. The second-order valence-electron chi connectivity index (χ2n) is 33.2. The van der Waals surface area contributed by atoms with Crippen molar-refractivity contribution in [1.82, 2.24) is 69.1 Å². The Labute approximate surface area is 744 Å². The lowest BCUT2D eigenvalue weighted by Crippen LogP contribution is -2.55. The van der Waals surface area contributed by atoms with E-state index >= 15 is 0 Å². The van der Waals surface area contributed by atoms with Crippen LogP contribution in [0, 0.1) is 5.92 Å². The van der Waals surface area contributed by atoms with Crippen molar-refractivity contribution in [2.75, 3.05) is 98.2 Å². The van der Waals surface area contributed by atoms with Gasteiger partial charge in [0.15, 0.2) is 0 Å². The van der Waals surface area contributed by atoms with E-state index < -0.39 is 126 Å². The predicted molar refractivity (Wildman–Crippen MR) is 491 cm³/mol. The van der Waals surface area contributed by atoms with E-state index in [0.29, 0.717) is 271 Å². The molecule has 0 radical (unpaired) electrons. The largest absolute Gasteiger partial charge is 0.355 e. The monoisotopic (exact) mass is 1780 g/mol. The normalized spacial score (nSPS) is 14.5. The van der Waals surface area contributed by atoms with E-state index in [1.54, 1.807) is 6.92 Å². The lowest BCUT2D eigenvalue weighted by molar-refractivity contribution is -0.132. The Morgan fingerprint density at radius 2 is 0.320 bits per heavy atom. The van der Waals surface area contributed by atoms with Crippen LogP contribution in [0.25, 0.3) is 0 Å². The second kappa shape index (κ2) is 77.7. The highest BCUT2D eigenvalue weighted by Gasteiger charge is 2.31. The number of amides is 13. The molecule has 13 amide bonds. The Kier molecular flexibility index (Phi) is 73.0. The van der Waals surface area contributed by atoms with E-state index in [1.165, 1.54) is 0 Å². The van der Waals surface area contributed by atoms with E-state index in [2.05, 4.69) is 69.1 Å². The van der Waals surface area contributed by atoms with Crippen molar-refractivity contribution >= 4 is 76.8 Å². The number of rotatable bonds is 83. The van der Waals surface area contributed by atoms with Crippen LogP contribution < -0.4 is 149 Å². The van der Waals surface area contributed by atoms with Gasteiger partial charge in [0.1, 0.15) is 30.2 Å². The molecule has 0 fully saturated rings. The maximum atomic E-state index is 14.5. The summed E-state index contributed by atoms with van der Waals surface area (Å²) in [6.45, 7) is 7.04. The molecule has 40 nitrogen and oxygen atoms in total. The van der Waals surface area contributed by atoms with Gasteiger partial charge in [-0.1, -0.05) is 71.1 Å². The van der Waals surface area contributed by atoms with E-state index in [0.717, 1.165) is 38.5 Å². The molecular weight excluding hydrogens is 1610 g/mol. The molecule has 0 aliphatic rings. The first-order chi connectivity index (χ1) is 60.1. The number of unbranched alkanes of at least 4 members (excludes halogenated alkanes) is 16. The molecular formula is C85H173N27O13. The van der Waals surface area contributed by atoms with Crippen molar-refractivity contribution < 1.29 is 62.3 Å². The molecule has 0 aliphatic heterocycles. The van der Waals surface area contributed by atoms with E-state index in [4.69, 9.17) is 80.3 Å². The van der Waals surface area contributed by atoms with E-state index in [9.17, 15) is 62.3 Å². The van der Waals surface area contributed by atoms with Gasteiger partial charge < -0.3 is 149 Å². The molecule has 0 heterocycles. The number of nitrogens with one attached hydrogen (secondary N) is 13. The summed E-state index contributed by atoms with van der Waals surface area (Å²) in [5.74, 6) is -5.97. The van der Waals surface area contributed by atoms with Gasteiger partial charge in [0.2, 0.25) is 76.8 Å². The second-order valence-corrected chi connectivity index (χ2v) is 33.2. The van der Waals surface area contributed by atoms with Gasteiger partial charge in [-0.15, -0.1) is 0 Å². The highest BCUT2D eigenvalue weighted by atomic mass is 16.2. The lowest BCUT2D eigenvalue weighted by atomic mass is 10.0. The molecule has 41 N–H and O–H groups in total. The van der Waals surface area contributed by atoms with Crippen molar-refractivity contribution in [3.63, 3.8) is 0 Å². The average molecular weight is 1780 g/mol. The number of hydrogen-bond donors (Lipinski definition) is 27. The van der Waals surface area contributed by atoms with Gasteiger partial charge in [-0.3, -0.25) is 62.3 Å². The van der Waals surface area contributed by atoms with Gasteiger partial charge in [0, 0.05) is 58.3 Å². The molecule has 726 valence electrons. The molecule has 0 aromatic carbocycles. The molecule has 0 saturated heterocycles. The first-order valence-corrected chi connectivity index (χ1v) is 47.0. The summed E-state index contributed by atoms with van der Waals surface area (Å²) in [4.78, 5) is 175. The summed E-state index contributed by atoms with van der Waals surface area (Å²) in [5, 5.41) is 37.4. The lowest BCUT2D eigenvalue weighted by Gasteiger charge is -2.24. The molecule has 0 rings (SSSR count).